The number of hydrogen-bond acceptors (Lipinski definition) is 4. The Balaban J connectivity index is 2.22. The number of methoxy groups -OCH3 is 2. The molecule has 2 rings (SSSR count). The number of carbonyl (C=O) groups is 2. The highest BCUT2D eigenvalue weighted by Crippen LogP contribution is 2.36. The molecular formula is C21H19F6NO4. The van der Waals surface area contributed by atoms with Gasteiger partial charge in [-0.2, -0.15) is 26.3 Å². The quantitative estimate of drug-likeness (QED) is 0.495. The average molecular weight is 463 g/mol. The topological polar surface area (TPSA) is 64.6 Å². The van der Waals surface area contributed by atoms with E-state index in [0.29, 0.717) is 23.4 Å². The number of carbonyl (C=O) groups excluding carboxylic acids is 2. The number of rotatable bonds is 7. The second-order valence-corrected chi connectivity index (χ2v) is 6.79. The molecule has 0 aromatic heterocycles. The van der Waals surface area contributed by atoms with Crippen LogP contribution in [0.25, 0.3) is 0 Å². The van der Waals surface area contributed by atoms with E-state index < -0.39 is 53.4 Å². The van der Waals surface area contributed by atoms with Gasteiger partial charge in [0.25, 0.3) is 0 Å². The van der Waals surface area contributed by atoms with Crippen LogP contribution in [0.4, 0.5) is 26.3 Å². The molecule has 0 aliphatic heterocycles. The third-order valence-corrected chi connectivity index (χ3v) is 4.43. The van der Waals surface area contributed by atoms with Gasteiger partial charge < -0.3 is 14.8 Å². The minimum atomic E-state index is -5.03. The highest BCUT2D eigenvalue weighted by atomic mass is 19.4. The fourth-order valence-corrected chi connectivity index (χ4v) is 2.89. The van der Waals surface area contributed by atoms with E-state index in [2.05, 4.69) is 10.1 Å². The zero-order chi connectivity index (χ0) is 24.1. The van der Waals surface area contributed by atoms with Crippen molar-refractivity contribution in [1.29, 1.82) is 0 Å². The molecular weight excluding hydrogens is 444 g/mol. The molecule has 0 spiro atoms. The number of esters is 1. The van der Waals surface area contributed by atoms with Crippen molar-refractivity contribution in [2.75, 3.05) is 14.2 Å². The zero-order valence-corrected chi connectivity index (χ0v) is 16.9. The molecule has 174 valence electrons. The van der Waals surface area contributed by atoms with E-state index in [9.17, 15) is 35.9 Å². The van der Waals surface area contributed by atoms with Gasteiger partial charge in [-0.1, -0.05) is 12.1 Å². The van der Waals surface area contributed by atoms with Gasteiger partial charge in [0.1, 0.15) is 11.8 Å². The maximum Gasteiger partial charge on any atom is 0.416 e. The van der Waals surface area contributed by atoms with Crippen molar-refractivity contribution in [3.8, 4) is 5.75 Å². The second-order valence-electron chi connectivity index (χ2n) is 6.79. The maximum absolute atomic E-state index is 13.0. The Bertz CT molecular complexity index is 922. The monoisotopic (exact) mass is 463 g/mol. The number of amides is 1. The lowest BCUT2D eigenvalue weighted by molar-refractivity contribution is -0.145. The van der Waals surface area contributed by atoms with Crippen LogP contribution >= 0.6 is 0 Å². The van der Waals surface area contributed by atoms with Gasteiger partial charge in [0.05, 0.1) is 31.8 Å². The van der Waals surface area contributed by atoms with E-state index in [-0.39, 0.29) is 12.5 Å². The summed E-state index contributed by atoms with van der Waals surface area (Å²) in [6.07, 6.45) is -10.9. The van der Waals surface area contributed by atoms with Gasteiger partial charge in [-0.3, -0.25) is 4.79 Å². The Morgan fingerprint density at radius 3 is 1.84 bits per heavy atom. The molecule has 0 saturated carbocycles. The van der Waals surface area contributed by atoms with Crippen molar-refractivity contribution in [2.45, 2.75) is 31.2 Å². The zero-order valence-electron chi connectivity index (χ0n) is 16.9. The second kappa shape index (κ2) is 9.92. The van der Waals surface area contributed by atoms with E-state index in [0.717, 1.165) is 7.11 Å². The Morgan fingerprint density at radius 1 is 0.875 bits per heavy atom. The first-order valence-electron chi connectivity index (χ1n) is 9.12. The fourth-order valence-electron chi connectivity index (χ4n) is 2.89. The third-order valence-electron chi connectivity index (χ3n) is 4.43. The summed E-state index contributed by atoms with van der Waals surface area (Å²) in [5.74, 6) is -1.21. The molecule has 2 aromatic rings. The molecule has 5 nitrogen and oxygen atoms in total. The predicted octanol–water partition coefficient (Wildman–Crippen LogP) is 4.18. The van der Waals surface area contributed by atoms with Crippen LogP contribution in [-0.4, -0.2) is 32.1 Å². The molecule has 0 fully saturated rings. The fraction of sp³-hybridized carbons (Fsp3) is 0.333. The Morgan fingerprint density at radius 2 is 1.41 bits per heavy atom. The normalized spacial score (nSPS) is 12.8. The van der Waals surface area contributed by atoms with E-state index in [1.54, 1.807) is 24.3 Å². The highest BCUT2D eigenvalue weighted by Gasteiger charge is 2.37. The van der Waals surface area contributed by atoms with Crippen LogP contribution in [0.5, 0.6) is 5.75 Å². The Hall–Kier alpha value is -3.24. The Labute approximate surface area is 179 Å². The van der Waals surface area contributed by atoms with E-state index in [1.807, 2.05) is 0 Å². The summed E-state index contributed by atoms with van der Waals surface area (Å²) in [7, 11) is 2.54. The van der Waals surface area contributed by atoms with Crippen molar-refractivity contribution in [3.63, 3.8) is 0 Å². The molecule has 0 unspecified atom stereocenters. The first kappa shape index (κ1) is 25.0. The highest BCUT2D eigenvalue weighted by molar-refractivity contribution is 5.85. The number of nitrogens with one attached hydrogen (secondary N) is 1. The lowest BCUT2D eigenvalue weighted by Crippen LogP contribution is -2.43. The summed E-state index contributed by atoms with van der Waals surface area (Å²) < 4.78 is 87.6. The van der Waals surface area contributed by atoms with Crippen LogP contribution in [0, 0.1) is 0 Å². The summed E-state index contributed by atoms with van der Waals surface area (Å²) in [5.41, 5.74) is -2.95. The predicted molar refractivity (Wildman–Crippen MR) is 101 cm³/mol. The van der Waals surface area contributed by atoms with Gasteiger partial charge in [-0.15, -0.1) is 0 Å². The van der Waals surface area contributed by atoms with Crippen molar-refractivity contribution >= 4 is 11.9 Å². The van der Waals surface area contributed by atoms with E-state index in [1.165, 1.54) is 7.11 Å². The summed E-state index contributed by atoms with van der Waals surface area (Å²) >= 11 is 0. The van der Waals surface area contributed by atoms with Crippen LogP contribution < -0.4 is 10.1 Å². The van der Waals surface area contributed by atoms with Crippen molar-refractivity contribution in [2.24, 2.45) is 0 Å². The molecule has 0 aliphatic carbocycles. The summed E-state index contributed by atoms with van der Waals surface area (Å²) in [6, 6.07) is 6.19. The van der Waals surface area contributed by atoms with Gasteiger partial charge in [0.2, 0.25) is 5.91 Å². The average Bonchev–Trinajstić information content (AvgIpc) is 2.71. The van der Waals surface area contributed by atoms with E-state index in [4.69, 9.17) is 4.74 Å². The summed E-state index contributed by atoms with van der Waals surface area (Å²) in [6.45, 7) is 0. The van der Waals surface area contributed by atoms with Gasteiger partial charge in [-0.25, -0.2) is 4.79 Å². The van der Waals surface area contributed by atoms with Gasteiger partial charge >= 0.3 is 18.3 Å². The number of ether oxygens (including phenoxy) is 2. The third kappa shape index (κ3) is 6.89. The van der Waals surface area contributed by atoms with Crippen LogP contribution in [-0.2, 0) is 39.5 Å². The molecule has 32 heavy (non-hydrogen) atoms. The van der Waals surface area contributed by atoms with Gasteiger partial charge in [0, 0.05) is 6.42 Å². The molecule has 2 aromatic carbocycles. The first-order valence-corrected chi connectivity index (χ1v) is 9.12. The van der Waals surface area contributed by atoms with Crippen molar-refractivity contribution in [1.82, 2.24) is 5.32 Å². The van der Waals surface area contributed by atoms with E-state index >= 15 is 0 Å². The minimum Gasteiger partial charge on any atom is -0.497 e. The number of hydrogen-bond donors (Lipinski definition) is 1. The SMILES string of the molecule is COC(=O)[C@@H](Cc1ccc(OC)cc1)NC(=O)Cc1cc(C(F)(F)F)cc(C(F)(F)F)c1. The summed E-state index contributed by atoms with van der Waals surface area (Å²) in [5, 5.41) is 2.30. The van der Waals surface area contributed by atoms with Gasteiger partial charge in [0.15, 0.2) is 0 Å². The largest absolute Gasteiger partial charge is 0.497 e. The molecule has 0 aliphatic rings. The van der Waals surface area contributed by atoms with Crippen LogP contribution in [0.2, 0.25) is 0 Å². The first-order chi connectivity index (χ1) is 14.8. The van der Waals surface area contributed by atoms with Crippen LogP contribution in [0.1, 0.15) is 22.3 Å². The van der Waals surface area contributed by atoms with Crippen LogP contribution in [0.3, 0.4) is 0 Å². The van der Waals surface area contributed by atoms with Crippen LogP contribution in [0.15, 0.2) is 42.5 Å². The summed E-state index contributed by atoms with van der Waals surface area (Å²) in [4.78, 5) is 24.4. The molecule has 1 N–H and O–H groups in total. The molecule has 0 radical (unpaired) electrons. The lowest BCUT2D eigenvalue weighted by atomic mass is 10.0. The lowest BCUT2D eigenvalue weighted by Gasteiger charge is -2.18. The number of halogens is 6. The molecule has 0 saturated heterocycles. The molecule has 1 atom stereocenters. The molecule has 0 bridgehead atoms. The van der Waals surface area contributed by atoms with Crippen molar-refractivity contribution in [3.05, 3.63) is 64.7 Å². The number of benzene rings is 2. The molecule has 0 heterocycles. The van der Waals surface area contributed by atoms with Gasteiger partial charge in [-0.05, 0) is 41.5 Å². The standard InChI is InChI=1S/C21H19F6NO4/c1-31-16-5-3-12(4-6-16)9-17(19(30)32-2)28-18(29)10-13-7-14(20(22,23)24)11-15(8-13)21(25,26)27/h3-8,11,17H,9-10H2,1-2H3,(H,28,29)/t17-/m1/s1. The van der Waals surface area contributed by atoms with Crippen molar-refractivity contribution < 1.29 is 45.4 Å². The maximum atomic E-state index is 13.0. The Kier molecular flexibility index (Phi) is 7.76. The molecule has 11 heteroatoms. The number of alkyl halides is 6. The minimum absolute atomic E-state index is 0.0151. The molecule has 1 amide bonds. The smallest absolute Gasteiger partial charge is 0.416 e.